The van der Waals surface area contributed by atoms with Crippen molar-refractivity contribution in [3.63, 3.8) is 0 Å². The minimum atomic E-state index is -0.158. The molecule has 1 aliphatic rings. The van der Waals surface area contributed by atoms with Crippen LogP contribution in [0.15, 0.2) is 24.3 Å². The second-order valence-electron chi connectivity index (χ2n) is 5.94. The number of hydrogen-bond acceptors (Lipinski definition) is 2. The predicted molar refractivity (Wildman–Crippen MR) is 80.7 cm³/mol. The molecule has 1 aromatic carbocycles. The Labute approximate surface area is 121 Å². The molecule has 0 saturated heterocycles. The van der Waals surface area contributed by atoms with Gasteiger partial charge in [-0.1, -0.05) is 36.6 Å². The van der Waals surface area contributed by atoms with Crippen LogP contribution in [-0.4, -0.2) is 36.8 Å². The summed E-state index contributed by atoms with van der Waals surface area (Å²) in [4.78, 5) is 2.21. The third kappa shape index (κ3) is 3.95. The van der Waals surface area contributed by atoms with E-state index in [1.54, 1.807) is 0 Å². The third-order valence-corrected chi connectivity index (χ3v) is 4.41. The zero-order valence-corrected chi connectivity index (χ0v) is 12.6. The molecule has 1 N–H and O–H groups in total. The Hall–Kier alpha value is -0.570. The summed E-state index contributed by atoms with van der Waals surface area (Å²) in [7, 11) is 4.19. The lowest BCUT2D eigenvalue weighted by atomic mass is 9.75. The molecule has 0 aliphatic heterocycles. The van der Waals surface area contributed by atoms with Crippen molar-refractivity contribution in [3.8, 4) is 0 Å². The maximum absolute atomic E-state index is 10.3. The van der Waals surface area contributed by atoms with Gasteiger partial charge in [-0.15, -0.1) is 0 Å². The van der Waals surface area contributed by atoms with Crippen LogP contribution in [0.2, 0.25) is 5.02 Å². The summed E-state index contributed by atoms with van der Waals surface area (Å²) in [6, 6.07) is 8.12. The number of aliphatic hydroxyl groups excluding tert-OH is 1. The summed E-state index contributed by atoms with van der Waals surface area (Å²) in [5, 5.41) is 11.1. The first kappa shape index (κ1) is 14.8. The molecule has 106 valence electrons. The van der Waals surface area contributed by atoms with Crippen molar-refractivity contribution in [3.05, 3.63) is 34.9 Å². The second kappa shape index (κ2) is 6.74. The number of hydrogen-bond donors (Lipinski definition) is 1. The van der Waals surface area contributed by atoms with Crippen LogP contribution in [0.25, 0.3) is 0 Å². The van der Waals surface area contributed by atoms with E-state index in [1.807, 2.05) is 12.1 Å². The molecule has 1 aliphatic carbocycles. The molecule has 3 heteroatoms. The van der Waals surface area contributed by atoms with E-state index >= 15 is 0 Å². The molecule has 19 heavy (non-hydrogen) atoms. The number of nitrogens with zero attached hydrogens (tertiary/aromatic N) is 1. The fraction of sp³-hybridized carbons (Fsp3) is 0.625. The Morgan fingerprint density at radius 2 is 1.84 bits per heavy atom. The van der Waals surface area contributed by atoms with E-state index in [-0.39, 0.29) is 6.10 Å². The highest BCUT2D eigenvalue weighted by molar-refractivity contribution is 6.30. The van der Waals surface area contributed by atoms with Crippen LogP contribution >= 0.6 is 11.6 Å². The molecule has 1 aromatic rings. The fourth-order valence-electron chi connectivity index (χ4n) is 3.20. The first-order valence-electron chi connectivity index (χ1n) is 7.16. The molecule has 0 unspecified atom stereocenters. The Bertz CT molecular complexity index is 390. The van der Waals surface area contributed by atoms with Crippen LogP contribution in [0.3, 0.4) is 0 Å². The van der Waals surface area contributed by atoms with Gasteiger partial charge in [0.1, 0.15) is 0 Å². The molecule has 1 saturated carbocycles. The standard InChI is InChI=1S/C16H24ClNO/c1-18(2)11-15(12-7-9-13(17)10-8-12)14-5-3-4-6-16(14)19/h7-10,14-16,19H,3-6,11H2,1-2H3/t14-,15-,16-/m0/s1. The van der Waals surface area contributed by atoms with E-state index in [1.165, 1.54) is 12.0 Å². The van der Waals surface area contributed by atoms with Gasteiger partial charge >= 0.3 is 0 Å². The summed E-state index contributed by atoms with van der Waals surface area (Å²) in [5.41, 5.74) is 1.30. The quantitative estimate of drug-likeness (QED) is 0.913. The molecule has 2 nitrogen and oxygen atoms in total. The molecular weight excluding hydrogens is 258 g/mol. The van der Waals surface area contributed by atoms with Gasteiger partial charge in [-0.2, -0.15) is 0 Å². The zero-order valence-electron chi connectivity index (χ0n) is 11.8. The number of aliphatic hydroxyl groups is 1. The van der Waals surface area contributed by atoms with Gasteiger partial charge in [-0.05, 0) is 50.6 Å². The molecule has 2 rings (SSSR count). The monoisotopic (exact) mass is 281 g/mol. The summed E-state index contributed by atoms with van der Waals surface area (Å²) in [5.74, 6) is 0.764. The van der Waals surface area contributed by atoms with Crippen molar-refractivity contribution < 1.29 is 5.11 Å². The Morgan fingerprint density at radius 1 is 1.21 bits per heavy atom. The van der Waals surface area contributed by atoms with Crippen LogP contribution < -0.4 is 0 Å². The van der Waals surface area contributed by atoms with Gasteiger partial charge in [0.15, 0.2) is 0 Å². The fourth-order valence-corrected chi connectivity index (χ4v) is 3.33. The first-order chi connectivity index (χ1) is 9.08. The van der Waals surface area contributed by atoms with E-state index in [0.29, 0.717) is 11.8 Å². The van der Waals surface area contributed by atoms with Crippen molar-refractivity contribution in [2.24, 2.45) is 5.92 Å². The van der Waals surface area contributed by atoms with Gasteiger partial charge in [0.25, 0.3) is 0 Å². The van der Waals surface area contributed by atoms with Gasteiger partial charge < -0.3 is 10.0 Å². The van der Waals surface area contributed by atoms with Crippen molar-refractivity contribution >= 4 is 11.6 Å². The lowest BCUT2D eigenvalue weighted by Crippen LogP contribution is -2.35. The van der Waals surface area contributed by atoms with Gasteiger partial charge in [0, 0.05) is 17.5 Å². The van der Waals surface area contributed by atoms with Crippen LogP contribution in [0.4, 0.5) is 0 Å². The molecule has 0 bridgehead atoms. The van der Waals surface area contributed by atoms with Crippen LogP contribution in [0, 0.1) is 5.92 Å². The molecule has 0 amide bonds. The first-order valence-corrected chi connectivity index (χ1v) is 7.54. The van der Waals surface area contributed by atoms with Crippen molar-refractivity contribution in [2.75, 3.05) is 20.6 Å². The molecule has 3 atom stereocenters. The zero-order chi connectivity index (χ0) is 13.8. The molecule has 1 fully saturated rings. The molecule has 0 aromatic heterocycles. The Balaban J connectivity index is 2.21. The summed E-state index contributed by atoms with van der Waals surface area (Å²) < 4.78 is 0. The van der Waals surface area contributed by atoms with Crippen molar-refractivity contribution in [2.45, 2.75) is 37.7 Å². The average molecular weight is 282 g/mol. The van der Waals surface area contributed by atoms with Crippen LogP contribution in [0.5, 0.6) is 0 Å². The number of likely N-dealkylation sites (N-methyl/N-ethyl adjacent to an activating group) is 1. The third-order valence-electron chi connectivity index (χ3n) is 4.16. The van der Waals surface area contributed by atoms with Crippen molar-refractivity contribution in [1.82, 2.24) is 4.90 Å². The summed E-state index contributed by atoms with van der Waals surface area (Å²) in [6.45, 7) is 0.976. The van der Waals surface area contributed by atoms with Crippen molar-refractivity contribution in [1.29, 1.82) is 0 Å². The van der Waals surface area contributed by atoms with E-state index in [4.69, 9.17) is 11.6 Å². The largest absolute Gasteiger partial charge is 0.393 e. The molecule has 0 spiro atoms. The normalized spacial score (nSPS) is 25.5. The number of rotatable bonds is 4. The highest BCUT2D eigenvalue weighted by Gasteiger charge is 2.31. The minimum absolute atomic E-state index is 0.158. The predicted octanol–water partition coefficient (Wildman–Crippen LogP) is 3.54. The molecule has 0 heterocycles. The number of halogens is 1. The smallest absolute Gasteiger partial charge is 0.0574 e. The highest BCUT2D eigenvalue weighted by Crippen LogP contribution is 2.37. The molecule has 0 radical (unpaired) electrons. The Morgan fingerprint density at radius 3 is 2.42 bits per heavy atom. The minimum Gasteiger partial charge on any atom is -0.393 e. The lowest BCUT2D eigenvalue weighted by molar-refractivity contribution is 0.0494. The maximum atomic E-state index is 10.3. The number of benzene rings is 1. The topological polar surface area (TPSA) is 23.5 Å². The second-order valence-corrected chi connectivity index (χ2v) is 6.37. The molecular formula is C16H24ClNO. The summed E-state index contributed by atoms with van der Waals surface area (Å²) >= 11 is 5.98. The SMILES string of the molecule is CN(C)C[C@@H](c1ccc(Cl)cc1)[C@@H]1CCCC[C@@H]1O. The summed E-state index contributed by atoms with van der Waals surface area (Å²) in [6.07, 6.45) is 4.31. The maximum Gasteiger partial charge on any atom is 0.0574 e. The van der Waals surface area contributed by atoms with Crippen LogP contribution in [0.1, 0.15) is 37.2 Å². The van der Waals surface area contributed by atoms with Gasteiger partial charge in [0.05, 0.1) is 6.10 Å². The van der Waals surface area contributed by atoms with Gasteiger partial charge in [-0.25, -0.2) is 0 Å². The van der Waals surface area contributed by atoms with Crippen LogP contribution in [-0.2, 0) is 0 Å². The van der Waals surface area contributed by atoms with Gasteiger partial charge in [0.2, 0.25) is 0 Å². The average Bonchev–Trinajstić information content (AvgIpc) is 2.38. The Kier molecular flexibility index (Phi) is 5.26. The van der Waals surface area contributed by atoms with E-state index in [0.717, 1.165) is 30.8 Å². The van der Waals surface area contributed by atoms with E-state index in [2.05, 4.69) is 31.1 Å². The van der Waals surface area contributed by atoms with E-state index in [9.17, 15) is 5.11 Å². The lowest BCUT2D eigenvalue weighted by Gasteiger charge is -2.36. The van der Waals surface area contributed by atoms with Gasteiger partial charge in [-0.3, -0.25) is 0 Å². The highest BCUT2D eigenvalue weighted by atomic mass is 35.5. The van der Waals surface area contributed by atoms with E-state index < -0.39 is 0 Å².